The van der Waals surface area contributed by atoms with Gasteiger partial charge in [0.15, 0.2) is 0 Å². The Morgan fingerprint density at radius 1 is 1.21 bits per heavy atom. The van der Waals surface area contributed by atoms with E-state index in [1.54, 1.807) is 7.11 Å². The molecule has 2 aromatic heterocycles. The zero-order valence-electron chi connectivity index (χ0n) is 11.4. The SMILES string of the molecule is COc1ccc2c(ccn2Cc2cc(C)nn2C)c1. The van der Waals surface area contributed by atoms with Crippen molar-refractivity contribution in [2.75, 3.05) is 7.11 Å². The molecule has 98 valence electrons. The summed E-state index contributed by atoms with van der Waals surface area (Å²) in [6.45, 7) is 2.84. The molecule has 0 atom stereocenters. The summed E-state index contributed by atoms with van der Waals surface area (Å²) in [7, 11) is 3.67. The van der Waals surface area contributed by atoms with Crippen molar-refractivity contribution < 1.29 is 4.74 Å². The second-order valence-corrected chi connectivity index (χ2v) is 4.77. The van der Waals surface area contributed by atoms with Gasteiger partial charge in [-0.3, -0.25) is 4.68 Å². The monoisotopic (exact) mass is 255 g/mol. The molecule has 0 spiro atoms. The van der Waals surface area contributed by atoms with E-state index in [1.165, 1.54) is 16.6 Å². The predicted molar refractivity (Wildman–Crippen MR) is 75.5 cm³/mol. The topological polar surface area (TPSA) is 32.0 Å². The number of hydrogen-bond donors (Lipinski definition) is 0. The molecule has 2 heterocycles. The highest BCUT2D eigenvalue weighted by atomic mass is 16.5. The van der Waals surface area contributed by atoms with Gasteiger partial charge in [0.1, 0.15) is 5.75 Å². The Bertz CT molecular complexity index is 724. The van der Waals surface area contributed by atoms with Crippen molar-refractivity contribution >= 4 is 10.9 Å². The van der Waals surface area contributed by atoms with Crippen LogP contribution in [0.2, 0.25) is 0 Å². The van der Waals surface area contributed by atoms with E-state index in [1.807, 2.05) is 24.7 Å². The van der Waals surface area contributed by atoms with Gasteiger partial charge in [0.25, 0.3) is 0 Å². The number of aromatic nitrogens is 3. The summed E-state index contributed by atoms with van der Waals surface area (Å²) < 4.78 is 9.41. The van der Waals surface area contributed by atoms with Crippen molar-refractivity contribution in [1.29, 1.82) is 0 Å². The average molecular weight is 255 g/mol. The van der Waals surface area contributed by atoms with E-state index < -0.39 is 0 Å². The molecule has 0 radical (unpaired) electrons. The van der Waals surface area contributed by atoms with E-state index in [9.17, 15) is 0 Å². The zero-order valence-corrected chi connectivity index (χ0v) is 11.4. The molecule has 0 fully saturated rings. The van der Waals surface area contributed by atoms with Crippen LogP contribution in [0.1, 0.15) is 11.4 Å². The number of methoxy groups -OCH3 is 1. The maximum absolute atomic E-state index is 5.25. The van der Waals surface area contributed by atoms with Crippen LogP contribution in [-0.4, -0.2) is 21.5 Å². The van der Waals surface area contributed by atoms with E-state index >= 15 is 0 Å². The van der Waals surface area contributed by atoms with E-state index in [4.69, 9.17) is 4.74 Å². The molecule has 3 rings (SSSR count). The van der Waals surface area contributed by atoms with Crippen LogP contribution in [0.15, 0.2) is 36.5 Å². The predicted octanol–water partition coefficient (Wildman–Crippen LogP) is 2.74. The molecule has 0 aliphatic heterocycles. The second kappa shape index (κ2) is 4.46. The van der Waals surface area contributed by atoms with E-state index in [2.05, 4.69) is 40.1 Å². The van der Waals surface area contributed by atoms with Crippen LogP contribution >= 0.6 is 0 Å². The zero-order chi connectivity index (χ0) is 13.4. The number of aryl methyl sites for hydroxylation is 2. The van der Waals surface area contributed by atoms with Gasteiger partial charge in [-0.05, 0) is 37.3 Å². The minimum atomic E-state index is 0.827. The minimum absolute atomic E-state index is 0.827. The van der Waals surface area contributed by atoms with Crippen molar-refractivity contribution in [3.8, 4) is 5.75 Å². The Labute approximate surface area is 112 Å². The van der Waals surface area contributed by atoms with Crippen LogP contribution in [0.4, 0.5) is 0 Å². The molecule has 4 heteroatoms. The van der Waals surface area contributed by atoms with Crippen molar-refractivity contribution in [2.45, 2.75) is 13.5 Å². The van der Waals surface area contributed by atoms with Crippen LogP contribution in [0.5, 0.6) is 5.75 Å². The fourth-order valence-electron chi connectivity index (χ4n) is 2.43. The van der Waals surface area contributed by atoms with Crippen LogP contribution in [-0.2, 0) is 13.6 Å². The van der Waals surface area contributed by atoms with Crippen molar-refractivity contribution in [1.82, 2.24) is 14.3 Å². The molecular weight excluding hydrogens is 238 g/mol. The first-order chi connectivity index (χ1) is 9.17. The third kappa shape index (κ3) is 2.10. The Kier molecular flexibility index (Phi) is 2.78. The number of fused-ring (bicyclic) bond motifs is 1. The van der Waals surface area contributed by atoms with Gasteiger partial charge < -0.3 is 9.30 Å². The molecule has 0 saturated carbocycles. The third-order valence-electron chi connectivity index (χ3n) is 3.41. The first kappa shape index (κ1) is 11.8. The first-order valence-electron chi connectivity index (χ1n) is 6.30. The Hall–Kier alpha value is -2.23. The van der Waals surface area contributed by atoms with Gasteiger partial charge in [-0.1, -0.05) is 0 Å². The van der Waals surface area contributed by atoms with Gasteiger partial charge in [0, 0.05) is 24.1 Å². The van der Waals surface area contributed by atoms with Gasteiger partial charge in [-0.2, -0.15) is 5.10 Å². The molecule has 3 aromatic rings. The fraction of sp³-hybridized carbons (Fsp3) is 0.267. The van der Waals surface area contributed by atoms with Crippen LogP contribution in [0.25, 0.3) is 10.9 Å². The van der Waals surface area contributed by atoms with Gasteiger partial charge in [-0.25, -0.2) is 0 Å². The summed E-state index contributed by atoms with van der Waals surface area (Å²) in [4.78, 5) is 0. The van der Waals surface area contributed by atoms with E-state index in [0.29, 0.717) is 0 Å². The normalized spacial score (nSPS) is 11.1. The average Bonchev–Trinajstić information content (AvgIpc) is 2.93. The maximum Gasteiger partial charge on any atom is 0.119 e. The lowest BCUT2D eigenvalue weighted by molar-refractivity contribution is 0.415. The molecule has 0 aliphatic carbocycles. The van der Waals surface area contributed by atoms with Crippen molar-refractivity contribution in [3.05, 3.63) is 47.9 Å². The van der Waals surface area contributed by atoms with Crippen LogP contribution in [0, 0.1) is 6.92 Å². The summed E-state index contributed by atoms with van der Waals surface area (Å²) in [5.41, 5.74) is 3.46. The van der Waals surface area contributed by atoms with Gasteiger partial charge in [0.05, 0.1) is 25.0 Å². The largest absolute Gasteiger partial charge is 0.497 e. The second-order valence-electron chi connectivity index (χ2n) is 4.77. The minimum Gasteiger partial charge on any atom is -0.497 e. The highest BCUT2D eigenvalue weighted by molar-refractivity contribution is 5.81. The van der Waals surface area contributed by atoms with Crippen LogP contribution in [0.3, 0.4) is 0 Å². The smallest absolute Gasteiger partial charge is 0.119 e. The molecule has 0 unspecified atom stereocenters. The standard InChI is InChI=1S/C15H17N3O/c1-11-8-13(17(2)16-11)10-18-7-6-12-9-14(19-3)4-5-15(12)18/h4-9H,10H2,1-3H3. The number of rotatable bonds is 3. The summed E-state index contributed by atoms with van der Waals surface area (Å²) in [6.07, 6.45) is 2.10. The number of hydrogen-bond acceptors (Lipinski definition) is 2. The van der Waals surface area contributed by atoms with Crippen LogP contribution < -0.4 is 4.74 Å². The summed E-state index contributed by atoms with van der Waals surface area (Å²) in [5, 5.41) is 5.58. The van der Waals surface area contributed by atoms with Crippen molar-refractivity contribution in [3.63, 3.8) is 0 Å². The highest BCUT2D eigenvalue weighted by Crippen LogP contribution is 2.22. The number of nitrogens with zero attached hydrogens (tertiary/aromatic N) is 3. The highest BCUT2D eigenvalue weighted by Gasteiger charge is 2.06. The summed E-state index contributed by atoms with van der Waals surface area (Å²) in [6, 6.07) is 10.4. The molecule has 4 nitrogen and oxygen atoms in total. The fourth-order valence-corrected chi connectivity index (χ4v) is 2.43. The molecule has 19 heavy (non-hydrogen) atoms. The third-order valence-corrected chi connectivity index (χ3v) is 3.41. The summed E-state index contributed by atoms with van der Waals surface area (Å²) in [5.74, 6) is 0.890. The lowest BCUT2D eigenvalue weighted by Gasteiger charge is -2.06. The van der Waals surface area contributed by atoms with Crippen molar-refractivity contribution in [2.24, 2.45) is 7.05 Å². The van der Waals surface area contributed by atoms with Gasteiger partial charge in [0.2, 0.25) is 0 Å². The van der Waals surface area contributed by atoms with Gasteiger partial charge in [-0.15, -0.1) is 0 Å². The Morgan fingerprint density at radius 2 is 2.05 bits per heavy atom. The molecule has 0 bridgehead atoms. The summed E-state index contributed by atoms with van der Waals surface area (Å²) >= 11 is 0. The number of benzene rings is 1. The first-order valence-corrected chi connectivity index (χ1v) is 6.30. The Morgan fingerprint density at radius 3 is 2.74 bits per heavy atom. The molecule has 0 aliphatic rings. The lowest BCUT2D eigenvalue weighted by atomic mass is 10.2. The van der Waals surface area contributed by atoms with Gasteiger partial charge >= 0.3 is 0 Å². The molecule has 0 amide bonds. The molecular formula is C15H17N3O. The molecule has 0 N–H and O–H groups in total. The Balaban J connectivity index is 1.99. The van der Waals surface area contributed by atoms with E-state index in [0.717, 1.165) is 18.0 Å². The maximum atomic E-state index is 5.25. The molecule has 0 saturated heterocycles. The number of ether oxygens (including phenoxy) is 1. The quantitative estimate of drug-likeness (QED) is 0.720. The lowest BCUT2D eigenvalue weighted by Crippen LogP contribution is -2.04. The van der Waals surface area contributed by atoms with E-state index in [-0.39, 0.29) is 0 Å². The molecule has 1 aromatic carbocycles.